The quantitative estimate of drug-likeness (QED) is 0.737. The number of rotatable bonds is 3. The average molecular weight is 297 g/mol. The Morgan fingerprint density at radius 2 is 2.05 bits per heavy atom. The van der Waals surface area contributed by atoms with E-state index in [1.165, 1.54) is 12.8 Å². The number of nitrogens with zero attached hydrogens (tertiary/aromatic N) is 5. The van der Waals surface area contributed by atoms with Crippen LogP contribution in [0.15, 0.2) is 22.7 Å². The standard InChI is InChI=1S/C16H19N5O/c1-10(2)21-14-8-7-12(9-13(14)18-20-21)15-17-16(22-19-15)11-5-3-4-6-11/h7-11H,3-6H2,1-2H3. The first-order chi connectivity index (χ1) is 10.7. The van der Waals surface area contributed by atoms with Crippen LogP contribution < -0.4 is 0 Å². The molecule has 114 valence electrons. The van der Waals surface area contributed by atoms with Gasteiger partial charge in [0.05, 0.1) is 5.52 Å². The lowest BCUT2D eigenvalue weighted by molar-refractivity contribution is 0.354. The van der Waals surface area contributed by atoms with Crippen LogP contribution in [-0.4, -0.2) is 25.1 Å². The van der Waals surface area contributed by atoms with Gasteiger partial charge in [-0.1, -0.05) is 23.2 Å². The zero-order valence-corrected chi connectivity index (χ0v) is 12.9. The average Bonchev–Trinajstić information content (AvgIpc) is 3.25. The fourth-order valence-electron chi connectivity index (χ4n) is 3.15. The first-order valence-corrected chi connectivity index (χ1v) is 7.91. The highest BCUT2D eigenvalue weighted by Gasteiger charge is 2.23. The molecule has 0 N–H and O–H groups in total. The van der Waals surface area contributed by atoms with E-state index in [-0.39, 0.29) is 6.04 Å². The summed E-state index contributed by atoms with van der Waals surface area (Å²) in [5.74, 6) is 1.85. The molecule has 1 saturated carbocycles. The van der Waals surface area contributed by atoms with Crippen molar-refractivity contribution in [3.05, 3.63) is 24.1 Å². The van der Waals surface area contributed by atoms with E-state index in [1.807, 2.05) is 22.9 Å². The summed E-state index contributed by atoms with van der Waals surface area (Å²) in [4.78, 5) is 4.58. The minimum atomic E-state index is 0.287. The van der Waals surface area contributed by atoms with E-state index in [0.29, 0.717) is 11.7 Å². The second-order valence-electron chi connectivity index (χ2n) is 6.27. The van der Waals surface area contributed by atoms with Gasteiger partial charge in [-0.25, -0.2) is 4.68 Å². The van der Waals surface area contributed by atoms with Gasteiger partial charge in [0.2, 0.25) is 11.7 Å². The van der Waals surface area contributed by atoms with Crippen molar-refractivity contribution in [2.45, 2.75) is 51.5 Å². The van der Waals surface area contributed by atoms with Gasteiger partial charge in [0, 0.05) is 17.5 Å². The van der Waals surface area contributed by atoms with E-state index in [2.05, 4.69) is 34.3 Å². The largest absolute Gasteiger partial charge is 0.339 e. The fourth-order valence-corrected chi connectivity index (χ4v) is 3.15. The van der Waals surface area contributed by atoms with Crippen molar-refractivity contribution in [3.63, 3.8) is 0 Å². The molecular formula is C16H19N5O. The second-order valence-corrected chi connectivity index (χ2v) is 6.27. The van der Waals surface area contributed by atoms with Gasteiger partial charge < -0.3 is 4.52 Å². The van der Waals surface area contributed by atoms with Crippen molar-refractivity contribution in [3.8, 4) is 11.4 Å². The van der Waals surface area contributed by atoms with Gasteiger partial charge in [0.25, 0.3) is 0 Å². The van der Waals surface area contributed by atoms with Crippen molar-refractivity contribution < 1.29 is 4.52 Å². The Hall–Kier alpha value is -2.24. The lowest BCUT2D eigenvalue weighted by Crippen LogP contribution is -2.02. The normalized spacial score (nSPS) is 16.1. The minimum Gasteiger partial charge on any atom is -0.339 e. The predicted octanol–water partition coefficient (Wildman–Crippen LogP) is 3.72. The first kappa shape index (κ1) is 13.4. The van der Waals surface area contributed by atoms with Crippen molar-refractivity contribution in [1.82, 2.24) is 25.1 Å². The van der Waals surface area contributed by atoms with Gasteiger partial charge in [-0.05, 0) is 44.9 Å². The van der Waals surface area contributed by atoms with Crippen molar-refractivity contribution in [2.24, 2.45) is 0 Å². The van der Waals surface area contributed by atoms with Crippen LogP contribution in [0.4, 0.5) is 0 Å². The third-order valence-corrected chi connectivity index (χ3v) is 4.36. The number of aromatic nitrogens is 5. The second kappa shape index (κ2) is 5.19. The Labute approximate surface area is 128 Å². The molecule has 0 aliphatic heterocycles. The highest BCUT2D eigenvalue weighted by molar-refractivity contribution is 5.79. The Bertz CT molecular complexity index is 798. The molecule has 2 aromatic heterocycles. The van der Waals surface area contributed by atoms with Gasteiger partial charge in [-0.15, -0.1) is 5.10 Å². The van der Waals surface area contributed by atoms with E-state index in [0.717, 1.165) is 35.3 Å². The molecule has 6 heteroatoms. The maximum Gasteiger partial charge on any atom is 0.230 e. The van der Waals surface area contributed by atoms with Gasteiger partial charge >= 0.3 is 0 Å². The molecule has 3 aromatic rings. The molecule has 0 saturated heterocycles. The molecule has 1 aromatic carbocycles. The topological polar surface area (TPSA) is 69.6 Å². The number of hydrogen-bond donors (Lipinski definition) is 0. The Balaban J connectivity index is 1.69. The summed E-state index contributed by atoms with van der Waals surface area (Å²) in [6.45, 7) is 4.18. The van der Waals surface area contributed by atoms with E-state index in [9.17, 15) is 0 Å². The van der Waals surface area contributed by atoms with Crippen LogP contribution in [0.5, 0.6) is 0 Å². The third kappa shape index (κ3) is 2.19. The fraction of sp³-hybridized carbons (Fsp3) is 0.500. The molecular weight excluding hydrogens is 278 g/mol. The lowest BCUT2D eigenvalue weighted by atomic mass is 10.1. The summed E-state index contributed by atoms with van der Waals surface area (Å²) in [5.41, 5.74) is 2.81. The first-order valence-electron chi connectivity index (χ1n) is 7.91. The van der Waals surface area contributed by atoms with Crippen LogP contribution in [0.2, 0.25) is 0 Å². The smallest absolute Gasteiger partial charge is 0.230 e. The molecule has 1 aliphatic rings. The van der Waals surface area contributed by atoms with Gasteiger partial charge in [-0.3, -0.25) is 0 Å². The molecule has 1 fully saturated rings. The highest BCUT2D eigenvalue weighted by Crippen LogP contribution is 2.34. The molecule has 0 amide bonds. The Morgan fingerprint density at radius 1 is 1.23 bits per heavy atom. The predicted molar refractivity (Wildman–Crippen MR) is 82.4 cm³/mol. The van der Waals surface area contributed by atoms with Crippen molar-refractivity contribution in [1.29, 1.82) is 0 Å². The summed E-state index contributed by atoms with van der Waals surface area (Å²) in [7, 11) is 0. The van der Waals surface area contributed by atoms with E-state index < -0.39 is 0 Å². The highest BCUT2D eigenvalue weighted by atomic mass is 16.5. The van der Waals surface area contributed by atoms with Crippen molar-refractivity contribution >= 4 is 11.0 Å². The maximum absolute atomic E-state index is 5.46. The molecule has 22 heavy (non-hydrogen) atoms. The molecule has 0 radical (unpaired) electrons. The molecule has 1 aliphatic carbocycles. The van der Waals surface area contributed by atoms with Crippen LogP contribution in [-0.2, 0) is 0 Å². The van der Waals surface area contributed by atoms with E-state index >= 15 is 0 Å². The Kier molecular flexibility index (Phi) is 3.17. The minimum absolute atomic E-state index is 0.287. The van der Waals surface area contributed by atoms with Gasteiger partial charge in [0.1, 0.15) is 5.52 Å². The van der Waals surface area contributed by atoms with Crippen LogP contribution in [0, 0.1) is 0 Å². The van der Waals surface area contributed by atoms with Crippen LogP contribution in [0.1, 0.15) is 57.4 Å². The SMILES string of the molecule is CC(C)n1nnc2cc(-c3noc(C4CCCC4)n3)ccc21. The number of hydrogen-bond acceptors (Lipinski definition) is 5. The van der Waals surface area contributed by atoms with Gasteiger partial charge in [0.15, 0.2) is 0 Å². The zero-order valence-electron chi connectivity index (χ0n) is 12.9. The van der Waals surface area contributed by atoms with Gasteiger partial charge in [-0.2, -0.15) is 4.98 Å². The van der Waals surface area contributed by atoms with Crippen LogP contribution in [0.3, 0.4) is 0 Å². The molecule has 0 bridgehead atoms. The summed E-state index contributed by atoms with van der Waals surface area (Å²) >= 11 is 0. The lowest BCUT2D eigenvalue weighted by Gasteiger charge is -2.04. The Morgan fingerprint density at radius 3 is 2.82 bits per heavy atom. The zero-order chi connectivity index (χ0) is 15.1. The van der Waals surface area contributed by atoms with E-state index in [1.54, 1.807) is 0 Å². The van der Waals surface area contributed by atoms with Crippen molar-refractivity contribution in [2.75, 3.05) is 0 Å². The summed E-state index contributed by atoms with van der Waals surface area (Å²) in [6.07, 6.45) is 4.83. The maximum atomic E-state index is 5.46. The molecule has 0 unspecified atom stereocenters. The van der Waals surface area contributed by atoms with Crippen LogP contribution >= 0.6 is 0 Å². The molecule has 4 rings (SSSR count). The summed E-state index contributed by atoms with van der Waals surface area (Å²) in [6, 6.07) is 6.30. The van der Waals surface area contributed by atoms with Crippen LogP contribution in [0.25, 0.3) is 22.4 Å². The number of benzene rings is 1. The monoisotopic (exact) mass is 297 g/mol. The number of fused-ring (bicyclic) bond motifs is 1. The summed E-state index contributed by atoms with van der Waals surface area (Å²) < 4.78 is 7.37. The summed E-state index contributed by atoms with van der Waals surface area (Å²) in [5, 5.41) is 12.6. The molecule has 0 atom stereocenters. The molecule has 2 heterocycles. The third-order valence-electron chi connectivity index (χ3n) is 4.36. The van der Waals surface area contributed by atoms with E-state index in [4.69, 9.17) is 4.52 Å². The molecule has 6 nitrogen and oxygen atoms in total. The molecule has 0 spiro atoms.